The Hall–Kier alpha value is -1.87. The normalized spacial score (nSPS) is 13.1. The summed E-state index contributed by atoms with van der Waals surface area (Å²) in [5, 5.41) is 3.04. The van der Waals surface area contributed by atoms with Gasteiger partial charge in [-0.15, -0.1) is 13.2 Å². The van der Waals surface area contributed by atoms with Crippen LogP contribution < -0.4 is 5.32 Å². The maximum Gasteiger partial charge on any atom is 0.220 e. The van der Waals surface area contributed by atoms with Gasteiger partial charge in [-0.1, -0.05) is 49.4 Å². The van der Waals surface area contributed by atoms with E-state index >= 15 is 0 Å². The molecule has 1 aromatic rings. The minimum Gasteiger partial charge on any atom is -0.379 e. The first-order valence-electron chi connectivity index (χ1n) is 7.81. The molecule has 0 spiro atoms. The monoisotopic (exact) mass is 301 g/mol. The lowest BCUT2D eigenvalue weighted by atomic mass is 10.1. The summed E-state index contributed by atoms with van der Waals surface area (Å²) in [5.74, 6) is 0.460. The van der Waals surface area contributed by atoms with E-state index in [1.54, 1.807) is 6.08 Å². The van der Waals surface area contributed by atoms with Crippen molar-refractivity contribution < 1.29 is 9.53 Å². The van der Waals surface area contributed by atoms with E-state index in [0.717, 1.165) is 12.0 Å². The number of carbonyl (C=O) groups excluding carboxylic acids is 1. The summed E-state index contributed by atoms with van der Waals surface area (Å²) in [6.07, 6.45) is 5.73. The fourth-order valence-corrected chi connectivity index (χ4v) is 2.15. The second-order valence-electron chi connectivity index (χ2n) is 5.53. The predicted octanol–water partition coefficient (Wildman–Crippen LogP) is 4.04. The maximum absolute atomic E-state index is 12.0. The van der Waals surface area contributed by atoms with Crippen LogP contribution in [0.25, 0.3) is 0 Å². The number of amides is 1. The molecule has 1 N–H and O–H groups in total. The highest BCUT2D eigenvalue weighted by Crippen LogP contribution is 2.14. The number of rotatable bonds is 11. The fourth-order valence-electron chi connectivity index (χ4n) is 2.15. The van der Waals surface area contributed by atoms with Crippen molar-refractivity contribution in [2.24, 2.45) is 5.92 Å². The highest BCUT2D eigenvalue weighted by Gasteiger charge is 2.14. The first kappa shape index (κ1) is 18.2. The van der Waals surface area contributed by atoms with E-state index in [4.69, 9.17) is 4.74 Å². The van der Waals surface area contributed by atoms with Crippen molar-refractivity contribution in [1.82, 2.24) is 5.32 Å². The van der Waals surface area contributed by atoms with Crippen LogP contribution in [-0.2, 0) is 9.53 Å². The Bertz CT molecular complexity index is 456. The number of hydrogen-bond donors (Lipinski definition) is 1. The van der Waals surface area contributed by atoms with Crippen molar-refractivity contribution in [2.45, 2.75) is 32.2 Å². The average Bonchev–Trinajstić information content (AvgIpc) is 2.53. The van der Waals surface area contributed by atoms with Crippen LogP contribution in [0.2, 0.25) is 0 Å². The van der Waals surface area contributed by atoms with Crippen LogP contribution in [0.4, 0.5) is 0 Å². The van der Waals surface area contributed by atoms with E-state index in [1.807, 2.05) is 36.4 Å². The van der Waals surface area contributed by atoms with Gasteiger partial charge in [0.2, 0.25) is 5.91 Å². The van der Waals surface area contributed by atoms with Gasteiger partial charge in [-0.2, -0.15) is 0 Å². The number of allylic oxidation sites excluding steroid dienone is 2. The van der Waals surface area contributed by atoms with Crippen LogP contribution in [0.5, 0.6) is 0 Å². The van der Waals surface area contributed by atoms with E-state index in [1.165, 1.54) is 0 Å². The van der Waals surface area contributed by atoms with Gasteiger partial charge in [0, 0.05) is 13.0 Å². The third-order valence-electron chi connectivity index (χ3n) is 3.37. The van der Waals surface area contributed by atoms with Crippen molar-refractivity contribution in [3.8, 4) is 0 Å². The van der Waals surface area contributed by atoms with Crippen LogP contribution in [0.15, 0.2) is 55.6 Å². The molecular formula is C19H27NO2. The summed E-state index contributed by atoms with van der Waals surface area (Å²) in [4.78, 5) is 12.0. The number of hydrogen-bond acceptors (Lipinski definition) is 2. The molecule has 1 amide bonds. The largest absolute Gasteiger partial charge is 0.379 e. The van der Waals surface area contributed by atoms with E-state index in [2.05, 4.69) is 25.4 Å². The molecule has 3 nitrogen and oxygen atoms in total. The molecule has 0 saturated carbocycles. The molecule has 120 valence electrons. The minimum absolute atomic E-state index is 0.0245. The van der Waals surface area contributed by atoms with Crippen molar-refractivity contribution in [2.75, 3.05) is 13.2 Å². The van der Waals surface area contributed by atoms with Crippen molar-refractivity contribution in [3.05, 3.63) is 61.2 Å². The third kappa shape index (κ3) is 7.23. The molecule has 0 saturated heterocycles. The summed E-state index contributed by atoms with van der Waals surface area (Å²) in [6, 6.07) is 9.81. The smallest absolute Gasteiger partial charge is 0.220 e. The zero-order valence-corrected chi connectivity index (χ0v) is 13.5. The first-order chi connectivity index (χ1) is 10.7. The Morgan fingerprint density at radius 1 is 1.23 bits per heavy atom. The summed E-state index contributed by atoms with van der Waals surface area (Å²) in [7, 11) is 0. The number of nitrogens with one attached hydrogen (secondary N) is 1. The van der Waals surface area contributed by atoms with Gasteiger partial charge in [-0.05, 0) is 24.3 Å². The van der Waals surface area contributed by atoms with E-state index in [-0.39, 0.29) is 11.9 Å². The molecular weight excluding hydrogens is 274 g/mol. The summed E-state index contributed by atoms with van der Waals surface area (Å²) in [6.45, 7) is 10.7. The maximum atomic E-state index is 12.0. The standard InChI is InChI=1S/C19H27NO2/c1-4-6-13-19(21)20-18(17-11-8-7-9-12-17)15-22-14-16(3)10-5-2/h4-5,7-9,11-12,16,18H,1-2,6,10,13-15H2,3H3,(H,20,21)/t16?,18-/m0/s1. The molecule has 2 atom stereocenters. The second kappa shape index (κ2) is 10.8. The lowest BCUT2D eigenvalue weighted by Crippen LogP contribution is -2.31. The molecule has 0 aliphatic carbocycles. The van der Waals surface area contributed by atoms with Crippen LogP contribution in [0, 0.1) is 5.92 Å². The SMILES string of the molecule is C=CCCC(=O)N[C@@H](COCC(C)CC=C)c1ccccc1. The molecule has 0 aromatic heterocycles. The number of carbonyl (C=O) groups is 1. The number of benzene rings is 1. The zero-order valence-electron chi connectivity index (χ0n) is 13.5. The van der Waals surface area contributed by atoms with Gasteiger partial charge in [0.15, 0.2) is 0 Å². The lowest BCUT2D eigenvalue weighted by molar-refractivity contribution is -0.122. The molecule has 1 unspecified atom stereocenters. The fraction of sp³-hybridized carbons (Fsp3) is 0.421. The van der Waals surface area contributed by atoms with Gasteiger partial charge in [0.25, 0.3) is 0 Å². The van der Waals surface area contributed by atoms with E-state index in [0.29, 0.717) is 32.0 Å². The van der Waals surface area contributed by atoms with E-state index in [9.17, 15) is 4.79 Å². The average molecular weight is 301 g/mol. The van der Waals surface area contributed by atoms with Crippen molar-refractivity contribution in [3.63, 3.8) is 0 Å². The van der Waals surface area contributed by atoms with Crippen LogP contribution in [-0.4, -0.2) is 19.1 Å². The van der Waals surface area contributed by atoms with Gasteiger partial charge in [0.05, 0.1) is 12.6 Å². The van der Waals surface area contributed by atoms with Crippen LogP contribution >= 0.6 is 0 Å². The van der Waals surface area contributed by atoms with Gasteiger partial charge in [0.1, 0.15) is 0 Å². The third-order valence-corrected chi connectivity index (χ3v) is 3.37. The van der Waals surface area contributed by atoms with E-state index < -0.39 is 0 Å². The topological polar surface area (TPSA) is 38.3 Å². The van der Waals surface area contributed by atoms with Crippen LogP contribution in [0.3, 0.4) is 0 Å². The predicted molar refractivity (Wildman–Crippen MR) is 91.6 cm³/mol. The Kier molecular flexibility index (Phi) is 8.92. The van der Waals surface area contributed by atoms with Gasteiger partial charge < -0.3 is 10.1 Å². The molecule has 0 radical (unpaired) electrons. The Balaban J connectivity index is 2.57. The molecule has 1 aromatic carbocycles. The Morgan fingerprint density at radius 3 is 2.59 bits per heavy atom. The molecule has 0 heterocycles. The molecule has 0 fully saturated rings. The Labute approximate surface area is 134 Å². The highest BCUT2D eigenvalue weighted by molar-refractivity contribution is 5.76. The summed E-state index contributed by atoms with van der Waals surface area (Å²) < 4.78 is 5.79. The van der Waals surface area contributed by atoms with Gasteiger partial charge in [-0.25, -0.2) is 0 Å². The summed E-state index contributed by atoms with van der Waals surface area (Å²) >= 11 is 0. The molecule has 0 aliphatic rings. The molecule has 1 rings (SSSR count). The Morgan fingerprint density at radius 2 is 1.95 bits per heavy atom. The highest BCUT2D eigenvalue weighted by atomic mass is 16.5. The van der Waals surface area contributed by atoms with Crippen LogP contribution in [0.1, 0.15) is 37.8 Å². The minimum atomic E-state index is -0.116. The molecule has 3 heteroatoms. The van der Waals surface area contributed by atoms with Gasteiger partial charge >= 0.3 is 0 Å². The van der Waals surface area contributed by atoms with Crippen molar-refractivity contribution in [1.29, 1.82) is 0 Å². The van der Waals surface area contributed by atoms with Crippen molar-refractivity contribution >= 4 is 5.91 Å². The lowest BCUT2D eigenvalue weighted by Gasteiger charge is -2.20. The first-order valence-corrected chi connectivity index (χ1v) is 7.81. The molecule has 22 heavy (non-hydrogen) atoms. The molecule has 0 bridgehead atoms. The number of ether oxygens (including phenoxy) is 1. The second-order valence-corrected chi connectivity index (χ2v) is 5.53. The summed E-state index contributed by atoms with van der Waals surface area (Å²) in [5.41, 5.74) is 1.06. The molecule has 0 aliphatic heterocycles. The van der Waals surface area contributed by atoms with Gasteiger partial charge in [-0.3, -0.25) is 4.79 Å². The quantitative estimate of drug-likeness (QED) is 0.626. The zero-order chi connectivity index (χ0) is 16.2.